The van der Waals surface area contributed by atoms with Gasteiger partial charge in [-0.2, -0.15) is 10.4 Å². The van der Waals surface area contributed by atoms with Gasteiger partial charge in [0.15, 0.2) is 5.84 Å². The Morgan fingerprint density at radius 1 is 1.47 bits per heavy atom. The van der Waals surface area contributed by atoms with E-state index in [1.165, 1.54) is 6.07 Å². The predicted octanol–water partition coefficient (Wildman–Crippen LogP) is 1.60. The molecule has 19 heavy (non-hydrogen) atoms. The van der Waals surface area contributed by atoms with E-state index >= 15 is 0 Å². The number of nitrogens with zero attached hydrogens (tertiary/aromatic N) is 3. The lowest BCUT2D eigenvalue weighted by Crippen LogP contribution is -2.21. The van der Waals surface area contributed by atoms with Crippen LogP contribution in [0, 0.1) is 22.6 Å². The topological polar surface area (TPSA) is 111 Å². The number of amidine groups is 1. The van der Waals surface area contributed by atoms with Gasteiger partial charge in [-0.25, -0.2) is 4.39 Å². The van der Waals surface area contributed by atoms with E-state index in [0.29, 0.717) is 16.6 Å². The molecule has 0 aliphatic carbocycles. The van der Waals surface area contributed by atoms with Gasteiger partial charge in [0.1, 0.15) is 11.9 Å². The highest BCUT2D eigenvalue weighted by Crippen LogP contribution is 2.18. The van der Waals surface area contributed by atoms with Crippen molar-refractivity contribution in [2.75, 3.05) is 5.43 Å². The molecule has 2 rings (SSSR count). The average molecular weight is 256 g/mol. The molecule has 0 fully saturated rings. The van der Waals surface area contributed by atoms with Crippen LogP contribution in [0.25, 0.3) is 10.9 Å². The fourth-order valence-electron chi connectivity index (χ4n) is 1.44. The predicted molar refractivity (Wildman–Crippen MR) is 70.3 cm³/mol. The number of hydrazone groups is 1. The van der Waals surface area contributed by atoms with Crippen molar-refractivity contribution in [1.29, 1.82) is 10.7 Å². The first kappa shape index (κ1) is 12.4. The molecule has 6 nitrogen and oxygen atoms in total. The first-order valence-corrected chi connectivity index (χ1v) is 5.23. The summed E-state index contributed by atoms with van der Waals surface area (Å²) in [6, 6.07) is 8.01. The van der Waals surface area contributed by atoms with E-state index in [-0.39, 0.29) is 5.71 Å². The van der Waals surface area contributed by atoms with Crippen LogP contribution in [-0.4, -0.2) is 16.5 Å². The molecular weight excluding hydrogens is 247 g/mol. The summed E-state index contributed by atoms with van der Waals surface area (Å²) in [6.45, 7) is 0. The van der Waals surface area contributed by atoms with E-state index in [0.717, 1.165) is 6.20 Å². The molecule has 0 unspecified atom stereocenters. The minimum absolute atomic E-state index is 0.225. The molecule has 1 heterocycles. The maximum Gasteiger partial charge on any atom is 0.201 e. The number of pyridine rings is 1. The normalized spacial score (nSPS) is 11.1. The molecule has 0 saturated carbocycles. The van der Waals surface area contributed by atoms with Crippen molar-refractivity contribution < 1.29 is 4.39 Å². The largest absolute Gasteiger partial charge is 0.382 e. The van der Waals surface area contributed by atoms with Crippen LogP contribution in [0.4, 0.5) is 10.1 Å². The highest BCUT2D eigenvalue weighted by atomic mass is 19.1. The van der Waals surface area contributed by atoms with Crippen LogP contribution in [0.1, 0.15) is 0 Å². The van der Waals surface area contributed by atoms with E-state index in [2.05, 4.69) is 15.5 Å². The highest BCUT2D eigenvalue weighted by Gasteiger charge is 2.02. The van der Waals surface area contributed by atoms with Gasteiger partial charge in [0.25, 0.3) is 0 Å². The molecular formula is C12H9FN6. The second kappa shape index (κ2) is 5.10. The summed E-state index contributed by atoms with van der Waals surface area (Å²) in [4.78, 5) is 3.92. The quantitative estimate of drug-likeness (QED) is 0.440. The van der Waals surface area contributed by atoms with Crippen LogP contribution in [-0.2, 0) is 0 Å². The Kier molecular flexibility index (Phi) is 3.34. The number of benzene rings is 1. The number of halogens is 1. The third kappa shape index (κ3) is 2.81. The smallest absolute Gasteiger partial charge is 0.201 e. The van der Waals surface area contributed by atoms with Crippen LogP contribution in [0.15, 0.2) is 35.6 Å². The summed E-state index contributed by atoms with van der Waals surface area (Å²) in [5.74, 6) is -0.863. The number of fused-ring (bicyclic) bond motifs is 1. The standard InChI is InChI=1S/C12H9FN6/c13-8-3-7-4-9(1-2-10(7)17-6-8)18-19-11(5-14)12(15)16/h1-4,6,18H,(H3,15,16)/b19-11+. The van der Waals surface area contributed by atoms with Crippen molar-refractivity contribution in [1.82, 2.24) is 4.98 Å². The minimum Gasteiger partial charge on any atom is -0.382 e. The molecule has 0 amide bonds. The number of nitriles is 1. The van der Waals surface area contributed by atoms with Crippen molar-refractivity contribution in [2.24, 2.45) is 10.8 Å². The SMILES string of the molecule is N#C/C(=N\Nc1ccc2ncc(F)cc2c1)C(=N)N. The fourth-order valence-corrected chi connectivity index (χ4v) is 1.44. The van der Waals surface area contributed by atoms with Crippen LogP contribution >= 0.6 is 0 Å². The van der Waals surface area contributed by atoms with Gasteiger partial charge in [-0.3, -0.25) is 15.8 Å². The lowest BCUT2D eigenvalue weighted by atomic mass is 10.2. The van der Waals surface area contributed by atoms with Crippen molar-refractivity contribution in [3.8, 4) is 6.07 Å². The number of nitrogens with one attached hydrogen (secondary N) is 2. The molecule has 4 N–H and O–H groups in total. The van der Waals surface area contributed by atoms with Gasteiger partial charge in [0.2, 0.25) is 5.71 Å². The summed E-state index contributed by atoms with van der Waals surface area (Å²) in [7, 11) is 0. The second-order valence-electron chi connectivity index (χ2n) is 3.66. The number of rotatable bonds is 3. The Morgan fingerprint density at radius 2 is 2.26 bits per heavy atom. The summed E-state index contributed by atoms with van der Waals surface area (Å²) in [5.41, 5.74) is 8.69. The Bertz CT molecular complexity index is 716. The molecule has 0 saturated heterocycles. The Balaban J connectivity index is 2.32. The zero-order chi connectivity index (χ0) is 13.8. The summed E-state index contributed by atoms with van der Waals surface area (Å²) >= 11 is 0. The summed E-state index contributed by atoms with van der Waals surface area (Å²) < 4.78 is 13.0. The van der Waals surface area contributed by atoms with Crippen LogP contribution < -0.4 is 11.2 Å². The van der Waals surface area contributed by atoms with Gasteiger partial charge in [-0.05, 0) is 24.3 Å². The van der Waals surface area contributed by atoms with Crippen molar-refractivity contribution in [3.05, 3.63) is 36.3 Å². The molecule has 1 aromatic carbocycles. The van der Waals surface area contributed by atoms with Crippen LogP contribution in [0.3, 0.4) is 0 Å². The number of hydrogen-bond donors (Lipinski definition) is 3. The van der Waals surface area contributed by atoms with Gasteiger partial charge in [-0.15, -0.1) is 0 Å². The molecule has 0 aliphatic heterocycles. The Morgan fingerprint density at radius 3 is 2.95 bits per heavy atom. The Labute approximate surface area is 107 Å². The second-order valence-corrected chi connectivity index (χ2v) is 3.66. The number of aromatic nitrogens is 1. The first-order valence-electron chi connectivity index (χ1n) is 5.23. The molecule has 7 heteroatoms. The van der Waals surface area contributed by atoms with Crippen molar-refractivity contribution in [2.45, 2.75) is 0 Å². The minimum atomic E-state index is -0.436. The van der Waals surface area contributed by atoms with Gasteiger partial charge in [-0.1, -0.05) is 0 Å². The molecule has 0 aliphatic rings. The van der Waals surface area contributed by atoms with Crippen LogP contribution in [0.2, 0.25) is 0 Å². The lowest BCUT2D eigenvalue weighted by molar-refractivity contribution is 0.624. The van der Waals surface area contributed by atoms with Gasteiger partial charge >= 0.3 is 0 Å². The molecule has 94 valence electrons. The molecule has 0 spiro atoms. The third-order valence-electron chi connectivity index (χ3n) is 2.31. The Hall–Kier alpha value is -3.01. The molecule has 2 aromatic rings. The monoisotopic (exact) mass is 256 g/mol. The molecule has 0 atom stereocenters. The van der Waals surface area contributed by atoms with E-state index in [1.807, 2.05) is 0 Å². The number of hydrogen-bond acceptors (Lipinski definition) is 5. The zero-order valence-corrected chi connectivity index (χ0v) is 9.68. The van der Waals surface area contributed by atoms with E-state index in [1.54, 1.807) is 24.3 Å². The maximum absolute atomic E-state index is 13.0. The average Bonchev–Trinajstić information content (AvgIpc) is 2.38. The van der Waals surface area contributed by atoms with Crippen molar-refractivity contribution in [3.63, 3.8) is 0 Å². The number of anilines is 1. The summed E-state index contributed by atoms with van der Waals surface area (Å²) in [6.07, 6.45) is 1.14. The summed E-state index contributed by atoms with van der Waals surface area (Å²) in [5, 5.41) is 20.1. The van der Waals surface area contributed by atoms with E-state index < -0.39 is 11.7 Å². The molecule has 0 bridgehead atoms. The molecule has 1 aromatic heterocycles. The maximum atomic E-state index is 13.0. The van der Waals surface area contributed by atoms with Gasteiger partial charge in [0, 0.05) is 5.39 Å². The first-order chi connectivity index (χ1) is 9.10. The number of nitrogens with two attached hydrogens (primary N) is 1. The van der Waals surface area contributed by atoms with E-state index in [9.17, 15) is 4.39 Å². The van der Waals surface area contributed by atoms with Crippen molar-refractivity contribution >= 4 is 28.1 Å². The van der Waals surface area contributed by atoms with Gasteiger partial charge < -0.3 is 5.73 Å². The lowest BCUT2D eigenvalue weighted by Gasteiger charge is -2.03. The van der Waals surface area contributed by atoms with Crippen LogP contribution in [0.5, 0.6) is 0 Å². The fraction of sp³-hybridized carbons (Fsp3) is 0. The van der Waals surface area contributed by atoms with Gasteiger partial charge in [0.05, 0.1) is 17.4 Å². The highest BCUT2D eigenvalue weighted by molar-refractivity contribution is 6.45. The third-order valence-corrected chi connectivity index (χ3v) is 2.31. The zero-order valence-electron chi connectivity index (χ0n) is 9.68. The molecule has 0 radical (unpaired) electrons. The van der Waals surface area contributed by atoms with E-state index in [4.69, 9.17) is 16.4 Å².